The maximum Gasteiger partial charge on any atom is 0.245 e. The van der Waals surface area contributed by atoms with E-state index in [-0.39, 0.29) is 23.9 Å². The van der Waals surface area contributed by atoms with Crippen LogP contribution in [0.4, 0.5) is 0 Å². The Morgan fingerprint density at radius 1 is 1.43 bits per heavy atom. The highest BCUT2D eigenvalue weighted by molar-refractivity contribution is 5.91. The summed E-state index contributed by atoms with van der Waals surface area (Å²) in [6, 6.07) is 3.63. The minimum atomic E-state index is -0.312. The first kappa shape index (κ1) is 15.5. The Kier molecular flexibility index (Phi) is 4.94. The van der Waals surface area contributed by atoms with Crippen LogP contribution >= 0.6 is 0 Å². The normalized spacial score (nSPS) is 19.7. The number of hydrogen-bond donors (Lipinski definition) is 0. The van der Waals surface area contributed by atoms with E-state index in [1.807, 2.05) is 24.0 Å². The van der Waals surface area contributed by atoms with Crippen LogP contribution < -0.4 is 0 Å². The SMILES string of the molecule is CCC(c1ccncc1)N(CC)C(=O)C1CCC(=O)N1C. The molecule has 1 fully saturated rings. The van der Waals surface area contributed by atoms with Gasteiger partial charge in [0.25, 0.3) is 0 Å². The standard InChI is InChI=1S/C16H23N3O2/c1-4-13(12-8-10-17-11-9-12)19(5-2)16(21)14-6-7-15(20)18(14)3/h8-11,13-14H,4-7H2,1-3H3. The van der Waals surface area contributed by atoms with E-state index in [1.54, 1.807) is 24.3 Å². The van der Waals surface area contributed by atoms with Gasteiger partial charge in [0, 0.05) is 32.4 Å². The van der Waals surface area contributed by atoms with Crippen LogP contribution in [0.15, 0.2) is 24.5 Å². The summed E-state index contributed by atoms with van der Waals surface area (Å²) < 4.78 is 0. The number of hydrogen-bond acceptors (Lipinski definition) is 3. The van der Waals surface area contributed by atoms with Crippen LogP contribution in [-0.2, 0) is 9.59 Å². The summed E-state index contributed by atoms with van der Waals surface area (Å²) in [6.07, 6.45) is 5.44. The second-order valence-electron chi connectivity index (χ2n) is 5.39. The average Bonchev–Trinajstić information content (AvgIpc) is 2.84. The topological polar surface area (TPSA) is 53.5 Å². The van der Waals surface area contributed by atoms with Gasteiger partial charge in [0.15, 0.2) is 0 Å². The molecule has 1 saturated heterocycles. The molecule has 0 saturated carbocycles. The number of amides is 2. The van der Waals surface area contributed by atoms with Gasteiger partial charge in [-0.2, -0.15) is 0 Å². The van der Waals surface area contributed by atoms with E-state index < -0.39 is 0 Å². The molecule has 0 aliphatic carbocycles. The van der Waals surface area contributed by atoms with Gasteiger partial charge in [0.2, 0.25) is 11.8 Å². The minimum Gasteiger partial charge on any atom is -0.334 e. The van der Waals surface area contributed by atoms with Crippen LogP contribution in [-0.4, -0.2) is 46.2 Å². The summed E-state index contributed by atoms with van der Waals surface area (Å²) in [5.41, 5.74) is 1.09. The summed E-state index contributed by atoms with van der Waals surface area (Å²) >= 11 is 0. The molecule has 2 amide bonds. The number of aromatic nitrogens is 1. The molecule has 5 nitrogen and oxygen atoms in total. The Labute approximate surface area is 126 Å². The molecule has 114 valence electrons. The molecule has 0 bridgehead atoms. The van der Waals surface area contributed by atoms with Gasteiger partial charge >= 0.3 is 0 Å². The Morgan fingerprint density at radius 2 is 2.10 bits per heavy atom. The van der Waals surface area contributed by atoms with E-state index in [1.165, 1.54) is 0 Å². The molecule has 0 radical (unpaired) electrons. The summed E-state index contributed by atoms with van der Waals surface area (Å²) in [5, 5.41) is 0. The number of likely N-dealkylation sites (N-methyl/N-ethyl adjacent to an activating group) is 2. The average molecular weight is 289 g/mol. The van der Waals surface area contributed by atoms with Crippen LogP contribution in [0.5, 0.6) is 0 Å². The minimum absolute atomic E-state index is 0.0367. The highest BCUT2D eigenvalue weighted by atomic mass is 16.2. The van der Waals surface area contributed by atoms with Gasteiger partial charge in [-0.15, -0.1) is 0 Å². The van der Waals surface area contributed by atoms with Crippen molar-refractivity contribution in [2.24, 2.45) is 0 Å². The van der Waals surface area contributed by atoms with Crippen molar-refractivity contribution >= 4 is 11.8 Å². The molecular weight excluding hydrogens is 266 g/mol. The van der Waals surface area contributed by atoms with Gasteiger partial charge in [0.1, 0.15) is 6.04 Å². The molecule has 2 rings (SSSR count). The Balaban J connectivity index is 2.21. The van der Waals surface area contributed by atoms with Crippen molar-refractivity contribution in [3.63, 3.8) is 0 Å². The molecule has 1 aromatic heterocycles. The van der Waals surface area contributed by atoms with Crippen LogP contribution in [0, 0.1) is 0 Å². The molecule has 1 aliphatic rings. The van der Waals surface area contributed by atoms with Crippen molar-refractivity contribution in [2.75, 3.05) is 13.6 Å². The molecule has 2 unspecified atom stereocenters. The molecule has 1 aliphatic heterocycles. The zero-order valence-corrected chi connectivity index (χ0v) is 13.0. The van der Waals surface area contributed by atoms with Crippen LogP contribution in [0.1, 0.15) is 44.7 Å². The Hall–Kier alpha value is -1.91. The quantitative estimate of drug-likeness (QED) is 0.833. The van der Waals surface area contributed by atoms with Gasteiger partial charge in [-0.25, -0.2) is 0 Å². The number of likely N-dealkylation sites (tertiary alicyclic amines) is 1. The molecule has 21 heavy (non-hydrogen) atoms. The molecule has 5 heteroatoms. The fraction of sp³-hybridized carbons (Fsp3) is 0.562. The predicted octanol–water partition coefficient (Wildman–Crippen LogP) is 2.00. The first-order chi connectivity index (χ1) is 10.1. The molecular formula is C16H23N3O2. The lowest BCUT2D eigenvalue weighted by Crippen LogP contribution is -2.46. The maximum absolute atomic E-state index is 12.8. The first-order valence-corrected chi connectivity index (χ1v) is 7.56. The van der Waals surface area contributed by atoms with Gasteiger partial charge < -0.3 is 9.80 Å². The van der Waals surface area contributed by atoms with Crippen molar-refractivity contribution in [1.29, 1.82) is 0 Å². The lowest BCUT2D eigenvalue weighted by atomic mass is 10.0. The van der Waals surface area contributed by atoms with Gasteiger partial charge in [0.05, 0.1) is 6.04 Å². The molecule has 0 spiro atoms. The van der Waals surface area contributed by atoms with E-state index >= 15 is 0 Å². The molecule has 2 atom stereocenters. The number of pyridine rings is 1. The third-order valence-corrected chi connectivity index (χ3v) is 4.26. The largest absolute Gasteiger partial charge is 0.334 e. The fourth-order valence-corrected chi connectivity index (χ4v) is 3.04. The third kappa shape index (κ3) is 3.06. The van der Waals surface area contributed by atoms with Gasteiger partial charge in [-0.1, -0.05) is 6.92 Å². The van der Waals surface area contributed by atoms with E-state index in [0.29, 0.717) is 19.4 Å². The smallest absolute Gasteiger partial charge is 0.245 e. The number of rotatable bonds is 5. The lowest BCUT2D eigenvalue weighted by molar-refractivity contribution is -0.142. The van der Waals surface area contributed by atoms with Crippen molar-refractivity contribution in [2.45, 2.75) is 45.2 Å². The van der Waals surface area contributed by atoms with Crippen molar-refractivity contribution in [3.8, 4) is 0 Å². The van der Waals surface area contributed by atoms with E-state index in [9.17, 15) is 9.59 Å². The summed E-state index contributed by atoms with van der Waals surface area (Å²) in [4.78, 5) is 32.0. The first-order valence-electron chi connectivity index (χ1n) is 7.56. The zero-order chi connectivity index (χ0) is 15.4. The van der Waals surface area contributed by atoms with E-state index in [2.05, 4.69) is 11.9 Å². The molecule has 0 aromatic carbocycles. The zero-order valence-electron chi connectivity index (χ0n) is 13.0. The fourth-order valence-electron chi connectivity index (χ4n) is 3.04. The highest BCUT2D eigenvalue weighted by Gasteiger charge is 2.37. The van der Waals surface area contributed by atoms with Crippen LogP contribution in [0.3, 0.4) is 0 Å². The number of carbonyl (C=O) groups excluding carboxylic acids is 2. The maximum atomic E-state index is 12.8. The monoisotopic (exact) mass is 289 g/mol. The molecule has 0 N–H and O–H groups in total. The Bertz CT molecular complexity index is 504. The summed E-state index contributed by atoms with van der Waals surface area (Å²) in [5.74, 6) is 0.107. The lowest BCUT2D eigenvalue weighted by Gasteiger charge is -2.34. The van der Waals surface area contributed by atoms with Crippen LogP contribution in [0.25, 0.3) is 0 Å². The van der Waals surface area contributed by atoms with Crippen molar-refractivity contribution in [1.82, 2.24) is 14.8 Å². The van der Waals surface area contributed by atoms with Crippen molar-refractivity contribution in [3.05, 3.63) is 30.1 Å². The van der Waals surface area contributed by atoms with E-state index in [0.717, 1.165) is 12.0 Å². The highest BCUT2D eigenvalue weighted by Crippen LogP contribution is 2.27. The van der Waals surface area contributed by atoms with E-state index in [4.69, 9.17) is 0 Å². The van der Waals surface area contributed by atoms with Gasteiger partial charge in [-0.3, -0.25) is 14.6 Å². The number of carbonyl (C=O) groups is 2. The molecule has 1 aromatic rings. The molecule has 2 heterocycles. The number of nitrogens with zero attached hydrogens (tertiary/aromatic N) is 3. The summed E-state index contributed by atoms with van der Waals surface area (Å²) in [6.45, 7) is 4.70. The third-order valence-electron chi connectivity index (χ3n) is 4.26. The predicted molar refractivity (Wildman–Crippen MR) is 80.4 cm³/mol. The Morgan fingerprint density at radius 3 is 2.57 bits per heavy atom. The second kappa shape index (κ2) is 6.70. The van der Waals surface area contributed by atoms with Crippen molar-refractivity contribution < 1.29 is 9.59 Å². The second-order valence-corrected chi connectivity index (χ2v) is 5.39. The summed E-state index contributed by atoms with van der Waals surface area (Å²) in [7, 11) is 1.72. The van der Waals surface area contributed by atoms with Gasteiger partial charge in [-0.05, 0) is 37.5 Å². The van der Waals surface area contributed by atoms with Crippen LogP contribution in [0.2, 0.25) is 0 Å².